The molecule has 1 heterocycles. The molecule has 1 amide bonds. The first-order valence-corrected chi connectivity index (χ1v) is 7.60. The lowest BCUT2D eigenvalue weighted by molar-refractivity contribution is 0.0954. The van der Waals surface area contributed by atoms with Crippen LogP contribution in [0, 0.1) is 18.7 Å². The molecule has 1 aromatic heterocycles. The van der Waals surface area contributed by atoms with Crippen molar-refractivity contribution in [1.29, 1.82) is 0 Å². The minimum absolute atomic E-state index is 0. The van der Waals surface area contributed by atoms with E-state index >= 15 is 0 Å². The van der Waals surface area contributed by atoms with E-state index < -0.39 is 0 Å². The number of aryl methyl sites for hydroxylation is 1. The number of hydrogen-bond donors (Lipinski definition) is 2. The van der Waals surface area contributed by atoms with Crippen molar-refractivity contribution in [2.45, 2.75) is 25.8 Å². The average Bonchev–Trinajstić information content (AvgIpc) is 3.22. The fourth-order valence-electron chi connectivity index (χ4n) is 2.39. The van der Waals surface area contributed by atoms with Crippen molar-refractivity contribution in [1.82, 2.24) is 5.32 Å². The van der Waals surface area contributed by atoms with Crippen LogP contribution in [0.15, 0.2) is 18.2 Å². The van der Waals surface area contributed by atoms with E-state index in [2.05, 4.69) is 5.32 Å². The van der Waals surface area contributed by atoms with Gasteiger partial charge in [-0.15, -0.1) is 23.7 Å². The number of hydrogen-bond acceptors (Lipinski definition) is 3. The zero-order valence-corrected chi connectivity index (χ0v) is 13.3. The first-order chi connectivity index (χ1) is 9.56. The number of rotatable bonds is 4. The highest BCUT2D eigenvalue weighted by Gasteiger charge is 2.28. The highest BCUT2D eigenvalue weighted by molar-refractivity contribution is 7.21. The van der Waals surface area contributed by atoms with Crippen molar-refractivity contribution in [3.8, 4) is 0 Å². The number of carbonyl (C=O) groups is 1. The monoisotopic (exact) mass is 328 g/mol. The van der Waals surface area contributed by atoms with Crippen LogP contribution in [-0.2, 0) is 0 Å². The van der Waals surface area contributed by atoms with Crippen molar-refractivity contribution >= 4 is 39.7 Å². The SMILES string of the molecule is Cc1c(C(=O)NCC(N)C2CC2)sc2ccc(F)cc12.Cl. The van der Waals surface area contributed by atoms with Gasteiger partial charge in [0.2, 0.25) is 0 Å². The van der Waals surface area contributed by atoms with Crippen LogP contribution in [0.4, 0.5) is 4.39 Å². The topological polar surface area (TPSA) is 55.1 Å². The lowest BCUT2D eigenvalue weighted by Crippen LogP contribution is -2.38. The molecule has 0 bridgehead atoms. The number of thiophene rings is 1. The van der Waals surface area contributed by atoms with Gasteiger partial charge in [-0.1, -0.05) is 0 Å². The zero-order chi connectivity index (χ0) is 14.3. The normalized spacial score (nSPS) is 15.6. The summed E-state index contributed by atoms with van der Waals surface area (Å²) in [6.07, 6.45) is 2.33. The number of halogens is 2. The fourth-order valence-corrected chi connectivity index (χ4v) is 3.50. The largest absolute Gasteiger partial charge is 0.350 e. The van der Waals surface area contributed by atoms with Gasteiger partial charge in [0.1, 0.15) is 5.82 Å². The number of benzene rings is 1. The smallest absolute Gasteiger partial charge is 0.261 e. The van der Waals surface area contributed by atoms with Crippen LogP contribution in [0.1, 0.15) is 28.1 Å². The molecule has 0 radical (unpaired) electrons. The Labute approximate surface area is 133 Å². The first-order valence-electron chi connectivity index (χ1n) is 6.78. The molecule has 1 aliphatic rings. The molecule has 21 heavy (non-hydrogen) atoms. The summed E-state index contributed by atoms with van der Waals surface area (Å²) < 4.78 is 14.2. The number of carbonyl (C=O) groups excluding carboxylic acids is 1. The van der Waals surface area contributed by atoms with Crippen LogP contribution >= 0.6 is 23.7 Å². The Hall–Kier alpha value is -1.17. The molecule has 1 aromatic carbocycles. The standard InChI is InChI=1S/C15H17FN2OS.ClH/c1-8-11-6-10(16)4-5-13(11)20-14(8)15(19)18-7-12(17)9-2-3-9;/h4-6,9,12H,2-3,7,17H2,1H3,(H,18,19);1H. The van der Waals surface area contributed by atoms with Crippen LogP contribution in [0.3, 0.4) is 0 Å². The lowest BCUT2D eigenvalue weighted by atomic mass is 10.1. The van der Waals surface area contributed by atoms with Crippen LogP contribution in [0.5, 0.6) is 0 Å². The predicted molar refractivity (Wildman–Crippen MR) is 86.8 cm³/mol. The second-order valence-corrected chi connectivity index (χ2v) is 6.46. The van der Waals surface area contributed by atoms with Crippen LogP contribution in [0.2, 0.25) is 0 Å². The van der Waals surface area contributed by atoms with Crippen molar-refractivity contribution in [2.24, 2.45) is 11.7 Å². The Morgan fingerprint density at radius 2 is 2.24 bits per heavy atom. The summed E-state index contributed by atoms with van der Waals surface area (Å²) >= 11 is 1.40. The van der Waals surface area contributed by atoms with Gasteiger partial charge in [0.05, 0.1) is 4.88 Å². The molecule has 2 aromatic rings. The van der Waals surface area contributed by atoms with E-state index in [1.54, 1.807) is 6.07 Å². The molecule has 3 rings (SSSR count). The summed E-state index contributed by atoms with van der Waals surface area (Å²) in [5.41, 5.74) is 6.81. The summed E-state index contributed by atoms with van der Waals surface area (Å²) in [4.78, 5) is 12.9. The van der Waals surface area contributed by atoms with E-state index in [0.29, 0.717) is 17.3 Å². The van der Waals surface area contributed by atoms with E-state index in [-0.39, 0.29) is 30.2 Å². The molecular formula is C15H18ClFN2OS. The van der Waals surface area contributed by atoms with Crippen molar-refractivity contribution < 1.29 is 9.18 Å². The second-order valence-electron chi connectivity index (χ2n) is 5.41. The van der Waals surface area contributed by atoms with E-state index in [1.807, 2.05) is 6.92 Å². The Morgan fingerprint density at radius 3 is 2.90 bits per heavy atom. The summed E-state index contributed by atoms with van der Waals surface area (Å²) in [5.74, 6) is 0.175. The number of nitrogens with two attached hydrogens (primary N) is 1. The van der Waals surface area contributed by atoms with Gasteiger partial charge in [-0.2, -0.15) is 0 Å². The first kappa shape index (κ1) is 16.2. The molecule has 1 fully saturated rings. The second kappa shape index (κ2) is 6.30. The fraction of sp³-hybridized carbons (Fsp3) is 0.400. The van der Waals surface area contributed by atoms with Crippen molar-refractivity contribution in [3.05, 3.63) is 34.5 Å². The third kappa shape index (κ3) is 3.36. The summed E-state index contributed by atoms with van der Waals surface area (Å²) in [6.45, 7) is 2.36. The number of fused-ring (bicyclic) bond motifs is 1. The molecule has 0 saturated heterocycles. The van der Waals surface area contributed by atoms with Crippen LogP contribution in [0.25, 0.3) is 10.1 Å². The van der Waals surface area contributed by atoms with E-state index in [4.69, 9.17) is 5.73 Å². The van der Waals surface area contributed by atoms with E-state index in [0.717, 1.165) is 28.5 Å². The molecule has 1 atom stereocenters. The van der Waals surface area contributed by atoms with Crippen molar-refractivity contribution in [3.63, 3.8) is 0 Å². The predicted octanol–water partition coefficient (Wildman–Crippen LogP) is 3.24. The molecule has 3 N–H and O–H groups in total. The third-order valence-electron chi connectivity index (χ3n) is 3.83. The number of amides is 1. The van der Waals surface area contributed by atoms with Gasteiger partial charge in [-0.3, -0.25) is 4.79 Å². The Balaban J connectivity index is 0.00000161. The van der Waals surface area contributed by atoms with Gasteiger partial charge >= 0.3 is 0 Å². The molecule has 0 spiro atoms. The molecule has 1 unspecified atom stereocenters. The molecular weight excluding hydrogens is 311 g/mol. The Morgan fingerprint density at radius 1 is 1.52 bits per heavy atom. The highest BCUT2D eigenvalue weighted by atomic mass is 35.5. The average molecular weight is 329 g/mol. The molecule has 1 aliphatic carbocycles. The van der Waals surface area contributed by atoms with Gasteiger partial charge in [0, 0.05) is 17.3 Å². The lowest BCUT2D eigenvalue weighted by Gasteiger charge is -2.11. The van der Waals surface area contributed by atoms with Crippen LogP contribution < -0.4 is 11.1 Å². The van der Waals surface area contributed by atoms with Gasteiger partial charge in [0.15, 0.2) is 0 Å². The molecule has 1 saturated carbocycles. The maximum atomic E-state index is 13.3. The van der Waals surface area contributed by atoms with E-state index in [9.17, 15) is 9.18 Å². The Kier molecular flexibility index (Phi) is 4.86. The van der Waals surface area contributed by atoms with Gasteiger partial charge in [-0.25, -0.2) is 4.39 Å². The van der Waals surface area contributed by atoms with Gasteiger partial charge < -0.3 is 11.1 Å². The van der Waals surface area contributed by atoms with Crippen LogP contribution in [-0.4, -0.2) is 18.5 Å². The minimum atomic E-state index is -0.277. The third-order valence-corrected chi connectivity index (χ3v) is 5.10. The minimum Gasteiger partial charge on any atom is -0.350 e. The maximum absolute atomic E-state index is 13.3. The highest BCUT2D eigenvalue weighted by Crippen LogP contribution is 2.32. The number of nitrogens with one attached hydrogen (secondary N) is 1. The summed E-state index contributed by atoms with van der Waals surface area (Å²) in [6, 6.07) is 4.66. The summed E-state index contributed by atoms with van der Waals surface area (Å²) in [5, 5.41) is 3.70. The quantitative estimate of drug-likeness (QED) is 0.905. The Bertz CT molecular complexity index is 669. The molecule has 0 aliphatic heterocycles. The van der Waals surface area contributed by atoms with E-state index in [1.165, 1.54) is 23.5 Å². The molecule has 114 valence electrons. The van der Waals surface area contributed by atoms with Crippen molar-refractivity contribution in [2.75, 3.05) is 6.54 Å². The molecule has 3 nitrogen and oxygen atoms in total. The van der Waals surface area contributed by atoms with Gasteiger partial charge in [-0.05, 0) is 54.8 Å². The summed E-state index contributed by atoms with van der Waals surface area (Å²) in [7, 11) is 0. The molecule has 6 heteroatoms. The van der Waals surface area contributed by atoms with Gasteiger partial charge in [0.25, 0.3) is 5.91 Å². The zero-order valence-electron chi connectivity index (χ0n) is 11.7. The maximum Gasteiger partial charge on any atom is 0.261 e.